The molecular weight excluding hydrogens is 384 g/mol. The van der Waals surface area contributed by atoms with Gasteiger partial charge in [-0.3, -0.25) is 19.5 Å². The smallest absolute Gasteiger partial charge is 0.254 e. The number of nitrogens with one attached hydrogen (secondary N) is 1. The largest absolute Gasteiger partial charge is 0.378 e. The molecule has 1 heterocycles. The zero-order valence-electron chi connectivity index (χ0n) is 15.0. The highest BCUT2D eigenvalue weighted by Gasteiger charge is 2.29. The molecule has 0 fully saturated rings. The molecule has 1 aliphatic heterocycles. The average molecular weight is 403 g/mol. The standard InChI is InChI=1S/C19H19ClN4O2S/c1-23(2)14-9-7-13(8-10-14)22-17(25)12-27-19-21-11-18(26)24(19)16-6-4-3-5-15(16)20/h3-10H,11-12H2,1-2H3,(H,22,25). The van der Waals surface area contributed by atoms with Gasteiger partial charge >= 0.3 is 0 Å². The van der Waals surface area contributed by atoms with Crippen LogP contribution in [-0.4, -0.2) is 43.4 Å². The Hall–Kier alpha value is -2.51. The molecule has 140 valence electrons. The van der Waals surface area contributed by atoms with Crippen molar-refractivity contribution in [3.63, 3.8) is 0 Å². The van der Waals surface area contributed by atoms with Gasteiger partial charge in [-0.15, -0.1) is 0 Å². The number of amides is 2. The molecule has 6 nitrogen and oxygen atoms in total. The maximum Gasteiger partial charge on any atom is 0.254 e. The number of para-hydroxylation sites is 1. The second kappa shape index (κ2) is 8.45. The van der Waals surface area contributed by atoms with Gasteiger partial charge in [0, 0.05) is 25.5 Å². The zero-order valence-corrected chi connectivity index (χ0v) is 16.5. The van der Waals surface area contributed by atoms with Crippen LogP contribution in [0.2, 0.25) is 5.02 Å². The highest BCUT2D eigenvalue weighted by molar-refractivity contribution is 8.14. The van der Waals surface area contributed by atoms with Gasteiger partial charge in [0.25, 0.3) is 5.91 Å². The molecule has 0 spiro atoms. The lowest BCUT2D eigenvalue weighted by atomic mass is 10.2. The number of aliphatic imine (C=N–C) groups is 1. The van der Waals surface area contributed by atoms with Crippen LogP contribution in [0.3, 0.4) is 0 Å². The molecule has 0 atom stereocenters. The van der Waals surface area contributed by atoms with Gasteiger partial charge in [-0.05, 0) is 36.4 Å². The first-order valence-electron chi connectivity index (χ1n) is 8.27. The van der Waals surface area contributed by atoms with Crippen molar-refractivity contribution in [2.24, 2.45) is 4.99 Å². The van der Waals surface area contributed by atoms with Crippen LogP contribution in [0.1, 0.15) is 0 Å². The van der Waals surface area contributed by atoms with Gasteiger partial charge < -0.3 is 10.2 Å². The van der Waals surface area contributed by atoms with Crippen LogP contribution in [0.5, 0.6) is 0 Å². The summed E-state index contributed by atoms with van der Waals surface area (Å²) in [6.45, 7) is 0.0567. The van der Waals surface area contributed by atoms with Crippen LogP contribution >= 0.6 is 23.4 Å². The number of rotatable bonds is 5. The van der Waals surface area contributed by atoms with E-state index in [1.165, 1.54) is 16.7 Å². The fourth-order valence-electron chi connectivity index (χ4n) is 2.53. The van der Waals surface area contributed by atoms with Crippen LogP contribution in [0.25, 0.3) is 0 Å². The molecule has 0 saturated carbocycles. The number of amidine groups is 1. The third-order valence-electron chi connectivity index (χ3n) is 3.88. The lowest BCUT2D eigenvalue weighted by Crippen LogP contribution is -2.31. The zero-order chi connectivity index (χ0) is 19.4. The number of carbonyl (C=O) groups excluding carboxylic acids is 2. The molecule has 0 radical (unpaired) electrons. The summed E-state index contributed by atoms with van der Waals surface area (Å²) in [5.41, 5.74) is 2.35. The number of benzene rings is 2. The predicted molar refractivity (Wildman–Crippen MR) is 113 cm³/mol. The molecule has 0 aromatic heterocycles. The molecule has 0 bridgehead atoms. The summed E-state index contributed by atoms with van der Waals surface area (Å²) in [5.74, 6) is -0.188. The number of hydrogen-bond acceptors (Lipinski definition) is 5. The summed E-state index contributed by atoms with van der Waals surface area (Å²) in [5, 5.41) is 3.79. The van der Waals surface area contributed by atoms with Gasteiger partial charge in [-0.2, -0.15) is 0 Å². The van der Waals surface area contributed by atoms with Gasteiger partial charge in [0.1, 0.15) is 6.54 Å². The first-order valence-corrected chi connectivity index (χ1v) is 9.64. The quantitative estimate of drug-likeness (QED) is 0.831. The van der Waals surface area contributed by atoms with E-state index in [9.17, 15) is 9.59 Å². The lowest BCUT2D eigenvalue weighted by molar-refractivity contribution is -0.116. The molecule has 0 aliphatic carbocycles. The Balaban J connectivity index is 1.61. The summed E-state index contributed by atoms with van der Waals surface area (Å²) in [7, 11) is 3.91. The van der Waals surface area contributed by atoms with E-state index in [4.69, 9.17) is 11.6 Å². The van der Waals surface area contributed by atoms with Crippen LogP contribution < -0.4 is 15.1 Å². The second-order valence-electron chi connectivity index (χ2n) is 6.06. The Labute approximate surface area is 167 Å². The first kappa shape index (κ1) is 19.3. The van der Waals surface area contributed by atoms with Crippen molar-refractivity contribution in [1.82, 2.24) is 0 Å². The van der Waals surface area contributed by atoms with E-state index in [2.05, 4.69) is 10.3 Å². The van der Waals surface area contributed by atoms with Crippen molar-refractivity contribution < 1.29 is 9.59 Å². The van der Waals surface area contributed by atoms with Crippen molar-refractivity contribution in [3.05, 3.63) is 53.6 Å². The topological polar surface area (TPSA) is 65.0 Å². The van der Waals surface area contributed by atoms with Crippen molar-refractivity contribution in [1.29, 1.82) is 0 Å². The van der Waals surface area contributed by atoms with E-state index in [1.54, 1.807) is 24.3 Å². The highest BCUT2D eigenvalue weighted by atomic mass is 35.5. The molecule has 0 saturated heterocycles. The minimum absolute atomic E-state index is 0.0567. The first-order chi connectivity index (χ1) is 13.0. The number of halogens is 1. The Morgan fingerprint density at radius 1 is 1.22 bits per heavy atom. The summed E-state index contributed by atoms with van der Waals surface area (Å²) in [6, 6.07) is 14.6. The minimum Gasteiger partial charge on any atom is -0.378 e. The SMILES string of the molecule is CN(C)c1ccc(NC(=O)CSC2=NCC(=O)N2c2ccccc2Cl)cc1. The minimum atomic E-state index is -0.168. The van der Waals surface area contributed by atoms with Gasteiger partial charge in [0.15, 0.2) is 5.17 Å². The van der Waals surface area contributed by atoms with Crippen molar-refractivity contribution >= 4 is 57.4 Å². The Bertz CT molecular complexity index is 884. The number of hydrogen-bond donors (Lipinski definition) is 1. The molecule has 0 unspecified atom stereocenters. The fraction of sp³-hybridized carbons (Fsp3) is 0.211. The molecule has 2 aromatic rings. The Morgan fingerprint density at radius 2 is 1.93 bits per heavy atom. The molecule has 27 heavy (non-hydrogen) atoms. The molecule has 1 N–H and O–H groups in total. The Kier molecular flexibility index (Phi) is 6.03. The maximum atomic E-state index is 12.3. The summed E-state index contributed by atoms with van der Waals surface area (Å²) in [6.07, 6.45) is 0. The molecule has 8 heteroatoms. The van der Waals surface area contributed by atoms with E-state index >= 15 is 0 Å². The van der Waals surface area contributed by atoms with Crippen LogP contribution in [0.15, 0.2) is 53.5 Å². The van der Waals surface area contributed by atoms with E-state index in [0.29, 0.717) is 15.9 Å². The normalized spacial score (nSPS) is 13.5. The number of nitrogens with zero attached hydrogens (tertiary/aromatic N) is 3. The van der Waals surface area contributed by atoms with Crippen molar-refractivity contribution in [2.45, 2.75) is 0 Å². The van der Waals surface area contributed by atoms with Gasteiger partial charge in [-0.1, -0.05) is 35.5 Å². The van der Waals surface area contributed by atoms with E-state index in [1.807, 2.05) is 43.3 Å². The number of thioether (sulfide) groups is 1. The number of anilines is 3. The fourth-order valence-corrected chi connectivity index (χ4v) is 3.57. The molecular formula is C19H19ClN4O2S. The van der Waals surface area contributed by atoms with Gasteiger partial charge in [0.2, 0.25) is 5.91 Å². The van der Waals surface area contributed by atoms with Crippen LogP contribution in [0.4, 0.5) is 17.1 Å². The second-order valence-corrected chi connectivity index (χ2v) is 7.41. The lowest BCUT2D eigenvalue weighted by Gasteiger charge is -2.19. The van der Waals surface area contributed by atoms with Gasteiger partial charge in [-0.25, -0.2) is 0 Å². The molecule has 2 amide bonds. The summed E-state index contributed by atoms with van der Waals surface area (Å²) < 4.78 is 0. The third-order valence-corrected chi connectivity index (χ3v) is 5.18. The maximum absolute atomic E-state index is 12.3. The third kappa shape index (κ3) is 4.61. The monoisotopic (exact) mass is 402 g/mol. The molecule has 3 rings (SSSR count). The molecule has 1 aliphatic rings. The molecule has 2 aromatic carbocycles. The Morgan fingerprint density at radius 3 is 2.59 bits per heavy atom. The van der Waals surface area contributed by atoms with E-state index < -0.39 is 0 Å². The van der Waals surface area contributed by atoms with Crippen molar-refractivity contribution in [2.75, 3.05) is 41.5 Å². The summed E-state index contributed by atoms with van der Waals surface area (Å²) >= 11 is 7.41. The van der Waals surface area contributed by atoms with Gasteiger partial charge in [0.05, 0.1) is 16.5 Å². The van der Waals surface area contributed by atoms with Crippen molar-refractivity contribution in [3.8, 4) is 0 Å². The van der Waals surface area contributed by atoms with E-state index in [0.717, 1.165) is 11.4 Å². The van der Waals surface area contributed by atoms with E-state index in [-0.39, 0.29) is 24.1 Å². The van der Waals surface area contributed by atoms with Crippen LogP contribution in [-0.2, 0) is 9.59 Å². The van der Waals surface area contributed by atoms with Crippen LogP contribution in [0, 0.1) is 0 Å². The predicted octanol–water partition coefficient (Wildman–Crippen LogP) is 3.48. The number of carbonyl (C=O) groups is 2. The summed E-state index contributed by atoms with van der Waals surface area (Å²) in [4.78, 5) is 32.1. The highest BCUT2D eigenvalue weighted by Crippen LogP contribution is 2.30. The average Bonchev–Trinajstić information content (AvgIpc) is 3.01.